The predicted molar refractivity (Wildman–Crippen MR) is 184 cm³/mol. The van der Waals surface area contributed by atoms with Crippen molar-refractivity contribution in [2.75, 3.05) is 0 Å². The minimum atomic E-state index is 0.631. The lowest BCUT2D eigenvalue weighted by atomic mass is 9.95. The molecule has 0 aliphatic heterocycles. The van der Waals surface area contributed by atoms with Crippen molar-refractivity contribution in [3.8, 4) is 45.3 Å². The van der Waals surface area contributed by atoms with E-state index in [-0.39, 0.29) is 0 Å². The highest BCUT2D eigenvalue weighted by molar-refractivity contribution is 6.19. The summed E-state index contributed by atoms with van der Waals surface area (Å²) in [5.74, 6) is 1.92. The van der Waals surface area contributed by atoms with E-state index in [0.29, 0.717) is 17.5 Å². The summed E-state index contributed by atoms with van der Waals surface area (Å²) in [6.07, 6.45) is 0. The number of fused-ring (bicyclic) bond motifs is 6. The average Bonchev–Trinajstić information content (AvgIpc) is 3.49. The highest BCUT2D eigenvalue weighted by atomic mass is 16.3. The first-order valence-electron chi connectivity index (χ1n) is 15.0. The standard InChI is InChI=1S/C41H25N3O/c1-3-12-27(13-4-1)39-42-40(28-14-5-2-6-15-28)44-41(43-39)31-17-9-16-29(23-31)33-19-10-20-36-38(33)35-25-34-30(24-37(35)45-36)22-21-26-11-7-8-18-32(26)34/h1-25H. The smallest absolute Gasteiger partial charge is 0.164 e. The highest BCUT2D eigenvalue weighted by Crippen LogP contribution is 2.40. The lowest BCUT2D eigenvalue weighted by Gasteiger charge is -2.10. The van der Waals surface area contributed by atoms with Crippen molar-refractivity contribution in [1.82, 2.24) is 15.0 Å². The normalized spacial score (nSPS) is 11.6. The molecule has 0 amide bonds. The van der Waals surface area contributed by atoms with Crippen molar-refractivity contribution in [2.24, 2.45) is 0 Å². The molecular weight excluding hydrogens is 550 g/mol. The molecular formula is C41H25N3O. The van der Waals surface area contributed by atoms with Gasteiger partial charge in [-0.15, -0.1) is 0 Å². The first-order chi connectivity index (χ1) is 22.3. The van der Waals surface area contributed by atoms with Crippen LogP contribution < -0.4 is 0 Å². The molecule has 0 spiro atoms. The number of nitrogens with zero attached hydrogens (tertiary/aromatic N) is 3. The van der Waals surface area contributed by atoms with Crippen LogP contribution in [0.25, 0.3) is 88.8 Å². The predicted octanol–water partition coefficient (Wildman–Crippen LogP) is 10.7. The zero-order chi connectivity index (χ0) is 29.7. The molecule has 0 aliphatic carbocycles. The maximum atomic E-state index is 6.45. The maximum Gasteiger partial charge on any atom is 0.164 e. The molecule has 0 aliphatic rings. The van der Waals surface area contributed by atoms with E-state index in [9.17, 15) is 0 Å². The van der Waals surface area contributed by atoms with Gasteiger partial charge < -0.3 is 4.42 Å². The van der Waals surface area contributed by atoms with Gasteiger partial charge in [-0.3, -0.25) is 0 Å². The van der Waals surface area contributed by atoms with E-state index in [4.69, 9.17) is 19.4 Å². The van der Waals surface area contributed by atoms with Crippen LogP contribution in [0.5, 0.6) is 0 Å². The number of aromatic nitrogens is 3. The molecule has 0 saturated carbocycles. The van der Waals surface area contributed by atoms with E-state index < -0.39 is 0 Å². The molecule has 0 atom stereocenters. The van der Waals surface area contributed by atoms with Gasteiger partial charge in [-0.1, -0.05) is 127 Å². The lowest BCUT2D eigenvalue weighted by molar-refractivity contribution is 0.669. The summed E-state index contributed by atoms with van der Waals surface area (Å²) in [4.78, 5) is 14.8. The largest absolute Gasteiger partial charge is 0.456 e. The Kier molecular flexibility index (Phi) is 5.78. The molecule has 0 saturated heterocycles. The summed E-state index contributed by atoms with van der Waals surface area (Å²) >= 11 is 0. The number of hydrogen-bond acceptors (Lipinski definition) is 4. The third kappa shape index (κ3) is 4.35. The van der Waals surface area contributed by atoms with Crippen LogP contribution in [0.4, 0.5) is 0 Å². The quantitative estimate of drug-likeness (QED) is 0.196. The van der Waals surface area contributed by atoms with Crippen molar-refractivity contribution >= 4 is 43.5 Å². The van der Waals surface area contributed by atoms with E-state index in [1.54, 1.807) is 0 Å². The molecule has 0 N–H and O–H groups in total. The molecule has 2 heterocycles. The first kappa shape index (κ1) is 25.4. The van der Waals surface area contributed by atoms with Gasteiger partial charge in [0.05, 0.1) is 0 Å². The molecule has 4 heteroatoms. The van der Waals surface area contributed by atoms with Gasteiger partial charge in [-0.25, -0.2) is 15.0 Å². The summed E-state index contributed by atoms with van der Waals surface area (Å²) in [5, 5.41) is 7.06. The number of rotatable bonds is 4. The Labute approximate surface area is 259 Å². The van der Waals surface area contributed by atoms with Gasteiger partial charge in [0, 0.05) is 27.5 Å². The van der Waals surface area contributed by atoms with Crippen molar-refractivity contribution in [3.05, 3.63) is 152 Å². The molecule has 0 radical (unpaired) electrons. The van der Waals surface area contributed by atoms with E-state index in [2.05, 4.69) is 91.0 Å². The van der Waals surface area contributed by atoms with Crippen LogP contribution in [0.15, 0.2) is 156 Å². The minimum absolute atomic E-state index is 0.631. The second kappa shape index (κ2) is 10.2. The third-order valence-electron chi connectivity index (χ3n) is 8.49. The second-order valence-electron chi connectivity index (χ2n) is 11.3. The number of furan rings is 1. The SMILES string of the molecule is c1ccc(-c2nc(-c3ccccc3)nc(-c3cccc(-c4cccc5oc6cc7ccc8ccccc8c7cc6c45)c3)n2)cc1. The Balaban J connectivity index is 1.24. The number of hydrogen-bond donors (Lipinski definition) is 0. The van der Waals surface area contributed by atoms with Crippen LogP contribution in [0.3, 0.4) is 0 Å². The second-order valence-corrected chi connectivity index (χ2v) is 11.3. The topological polar surface area (TPSA) is 51.8 Å². The van der Waals surface area contributed by atoms with Crippen LogP contribution in [0.1, 0.15) is 0 Å². The summed E-state index contributed by atoms with van der Waals surface area (Å²) in [6.45, 7) is 0. The van der Waals surface area contributed by atoms with E-state index in [0.717, 1.165) is 49.8 Å². The fourth-order valence-corrected chi connectivity index (χ4v) is 6.33. The summed E-state index contributed by atoms with van der Waals surface area (Å²) in [7, 11) is 0. The molecule has 2 aromatic heterocycles. The number of benzene rings is 7. The lowest BCUT2D eigenvalue weighted by Crippen LogP contribution is -2.00. The zero-order valence-corrected chi connectivity index (χ0v) is 24.2. The molecule has 9 rings (SSSR count). The Morgan fingerprint density at radius 3 is 1.71 bits per heavy atom. The molecule has 0 unspecified atom stereocenters. The minimum Gasteiger partial charge on any atom is -0.456 e. The van der Waals surface area contributed by atoms with Crippen molar-refractivity contribution in [3.63, 3.8) is 0 Å². The van der Waals surface area contributed by atoms with Gasteiger partial charge in [0.25, 0.3) is 0 Å². The Morgan fingerprint density at radius 2 is 0.956 bits per heavy atom. The fourth-order valence-electron chi connectivity index (χ4n) is 6.33. The van der Waals surface area contributed by atoms with Crippen LogP contribution >= 0.6 is 0 Å². The van der Waals surface area contributed by atoms with Crippen molar-refractivity contribution < 1.29 is 4.42 Å². The van der Waals surface area contributed by atoms with Crippen molar-refractivity contribution in [2.45, 2.75) is 0 Å². The summed E-state index contributed by atoms with van der Waals surface area (Å²) in [6, 6.07) is 52.2. The molecule has 9 aromatic rings. The Hall–Kier alpha value is -6.13. The summed E-state index contributed by atoms with van der Waals surface area (Å²) in [5.41, 5.74) is 6.74. The molecule has 7 aromatic carbocycles. The average molecular weight is 576 g/mol. The van der Waals surface area contributed by atoms with Crippen molar-refractivity contribution in [1.29, 1.82) is 0 Å². The molecule has 210 valence electrons. The van der Waals surface area contributed by atoms with Crippen LogP contribution in [-0.4, -0.2) is 15.0 Å². The highest BCUT2D eigenvalue weighted by Gasteiger charge is 2.16. The van der Waals surface area contributed by atoms with Gasteiger partial charge in [0.2, 0.25) is 0 Å². The van der Waals surface area contributed by atoms with Gasteiger partial charge in [0.1, 0.15) is 11.2 Å². The third-order valence-corrected chi connectivity index (χ3v) is 8.49. The van der Waals surface area contributed by atoms with Crippen LogP contribution in [0, 0.1) is 0 Å². The van der Waals surface area contributed by atoms with Gasteiger partial charge >= 0.3 is 0 Å². The van der Waals surface area contributed by atoms with Crippen LogP contribution in [-0.2, 0) is 0 Å². The monoisotopic (exact) mass is 575 g/mol. The maximum absolute atomic E-state index is 6.45. The van der Waals surface area contributed by atoms with E-state index >= 15 is 0 Å². The molecule has 0 bridgehead atoms. The van der Waals surface area contributed by atoms with Crippen LogP contribution in [0.2, 0.25) is 0 Å². The van der Waals surface area contributed by atoms with Gasteiger partial charge in [-0.05, 0) is 56.9 Å². The first-order valence-corrected chi connectivity index (χ1v) is 15.0. The Morgan fingerprint density at radius 1 is 0.356 bits per heavy atom. The molecule has 45 heavy (non-hydrogen) atoms. The zero-order valence-electron chi connectivity index (χ0n) is 24.2. The molecule has 4 nitrogen and oxygen atoms in total. The van der Waals surface area contributed by atoms with E-state index in [1.807, 2.05) is 60.7 Å². The fraction of sp³-hybridized carbons (Fsp3) is 0. The Bertz CT molecular complexity index is 2480. The summed E-state index contributed by atoms with van der Waals surface area (Å²) < 4.78 is 6.45. The molecule has 0 fully saturated rings. The van der Waals surface area contributed by atoms with Gasteiger partial charge in [-0.2, -0.15) is 0 Å². The van der Waals surface area contributed by atoms with E-state index in [1.165, 1.54) is 21.5 Å². The van der Waals surface area contributed by atoms with Gasteiger partial charge in [0.15, 0.2) is 17.5 Å².